The molecular formula is C17H12O5S. The molecular weight excluding hydrogens is 316 g/mol. The van der Waals surface area contributed by atoms with Crippen molar-refractivity contribution >= 4 is 28.7 Å². The van der Waals surface area contributed by atoms with Gasteiger partial charge in [-0.1, -0.05) is 30.0 Å². The molecule has 1 N–H and O–H groups in total. The Kier molecular flexibility index (Phi) is 4.08. The van der Waals surface area contributed by atoms with Crippen molar-refractivity contribution in [2.24, 2.45) is 0 Å². The van der Waals surface area contributed by atoms with Gasteiger partial charge in [0.25, 0.3) is 0 Å². The average molecular weight is 328 g/mol. The van der Waals surface area contributed by atoms with Crippen LogP contribution in [-0.4, -0.2) is 18.2 Å². The number of fused-ring (bicyclic) bond motifs is 1. The van der Waals surface area contributed by atoms with E-state index in [1.165, 1.54) is 37.1 Å². The predicted octanol–water partition coefficient (Wildman–Crippen LogP) is 3.44. The monoisotopic (exact) mass is 328 g/mol. The van der Waals surface area contributed by atoms with Crippen molar-refractivity contribution in [2.45, 2.75) is 9.79 Å². The summed E-state index contributed by atoms with van der Waals surface area (Å²) in [4.78, 5) is 24.9. The van der Waals surface area contributed by atoms with Gasteiger partial charge in [-0.05, 0) is 30.3 Å². The molecule has 116 valence electrons. The summed E-state index contributed by atoms with van der Waals surface area (Å²) in [5.41, 5.74) is -0.690. The van der Waals surface area contributed by atoms with Gasteiger partial charge >= 0.3 is 11.6 Å². The van der Waals surface area contributed by atoms with Crippen LogP contribution < -0.4 is 5.63 Å². The van der Waals surface area contributed by atoms with Crippen LogP contribution in [0, 0.1) is 0 Å². The molecule has 3 rings (SSSR count). The number of ether oxygens (including phenoxy) is 1. The first-order valence-electron chi connectivity index (χ1n) is 6.71. The number of phenolic OH excluding ortho intramolecular Hbond substituents is 1. The molecule has 0 radical (unpaired) electrons. The average Bonchev–Trinajstić information content (AvgIpc) is 2.57. The zero-order valence-electron chi connectivity index (χ0n) is 12.1. The molecule has 23 heavy (non-hydrogen) atoms. The van der Waals surface area contributed by atoms with Gasteiger partial charge in [-0.15, -0.1) is 0 Å². The maximum absolute atomic E-state index is 11.9. The minimum Gasteiger partial charge on any atom is -0.507 e. The van der Waals surface area contributed by atoms with Crippen molar-refractivity contribution in [2.75, 3.05) is 7.11 Å². The zero-order valence-corrected chi connectivity index (χ0v) is 12.9. The second-order valence-corrected chi connectivity index (χ2v) is 5.76. The Bertz CT molecular complexity index is 931. The van der Waals surface area contributed by atoms with Gasteiger partial charge in [-0.25, -0.2) is 9.59 Å². The number of phenols is 1. The summed E-state index contributed by atoms with van der Waals surface area (Å²) in [7, 11) is 1.19. The third-order valence-corrected chi connectivity index (χ3v) is 4.36. The lowest BCUT2D eigenvalue weighted by atomic mass is 10.2. The van der Waals surface area contributed by atoms with Gasteiger partial charge in [-0.3, -0.25) is 0 Å². The summed E-state index contributed by atoms with van der Waals surface area (Å²) < 4.78 is 9.75. The minimum atomic E-state index is -0.778. The van der Waals surface area contributed by atoms with Gasteiger partial charge in [0.1, 0.15) is 16.9 Å². The first kappa shape index (κ1) is 15.2. The van der Waals surface area contributed by atoms with Crippen molar-refractivity contribution in [1.82, 2.24) is 0 Å². The zero-order chi connectivity index (χ0) is 16.4. The van der Waals surface area contributed by atoms with Gasteiger partial charge in [0.2, 0.25) is 0 Å². The van der Waals surface area contributed by atoms with E-state index in [1.807, 2.05) is 30.3 Å². The molecule has 0 aliphatic rings. The predicted molar refractivity (Wildman–Crippen MR) is 86.1 cm³/mol. The highest BCUT2D eigenvalue weighted by Crippen LogP contribution is 2.39. The normalized spacial score (nSPS) is 10.7. The smallest absolute Gasteiger partial charge is 0.351 e. The lowest BCUT2D eigenvalue weighted by Gasteiger charge is -2.09. The number of esters is 1. The van der Waals surface area contributed by atoms with E-state index in [1.54, 1.807) is 0 Å². The maximum Gasteiger partial charge on any atom is 0.351 e. The second-order valence-electron chi connectivity index (χ2n) is 4.68. The summed E-state index contributed by atoms with van der Waals surface area (Å²) in [5.74, 6) is -0.740. The van der Waals surface area contributed by atoms with Crippen LogP contribution in [0.4, 0.5) is 0 Å². The molecule has 0 spiro atoms. The maximum atomic E-state index is 11.9. The first-order valence-corrected chi connectivity index (χ1v) is 7.53. The highest BCUT2D eigenvalue weighted by Gasteiger charge is 2.18. The molecule has 6 heteroatoms. The number of benzene rings is 2. The summed E-state index contributed by atoms with van der Waals surface area (Å²) in [6.45, 7) is 0. The van der Waals surface area contributed by atoms with Crippen LogP contribution in [0.25, 0.3) is 11.0 Å². The van der Waals surface area contributed by atoms with Gasteiger partial charge in [0.15, 0.2) is 0 Å². The number of rotatable bonds is 3. The van der Waals surface area contributed by atoms with Crippen molar-refractivity contribution in [1.29, 1.82) is 0 Å². The number of aromatic hydroxyl groups is 1. The molecule has 0 saturated heterocycles. The van der Waals surface area contributed by atoms with E-state index in [9.17, 15) is 14.7 Å². The number of methoxy groups -OCH3 is 1. The van der Waals surface area contributed by atoms with Crippen LogP contribution in [0.5, 0.6) is 5.75 Å². The standard InChI is InChI=1S/C17H12O5S/c1-21-16(19)12-9-11-14(22-17(12)20)8-7-13(18)15(11)23-10-5-3-2-4-6-10/h2-9,18H,1H3. The van der Waals surface area contributed by atoms with Crippen molar-refractivity contribution < 1.29 is 19.1 Å². The third-order valence-electron chi connectivity index (χ3n) is 3.21. The molecule has 0 saturated carbocycles. The molecule has 0 bridgehead atoms. The topological polar surface area (TPSA) is 76.7 Å². The van der Waals surface area contributed by atoms with Gasteiger partial charge in [0, 0.05) is 10.3 Å². The van der Waals surface area contributed by atoms with E-state index in [-0.39, 0.29) is 11.3 Å². The highest BCUT2D eigenvalue weighted by molar-refractivity contribution is 7.99. The van der Waals surface area contributed by atoms with Crippen LogP contribution in [0.15, 0.2) is 67.5 Å². The van der Waals surface area contributed by atoms with Gasteiger partial charge in [0.05, 0.1) is 12.0 Å². The molecule has 0 aliphatic heterocycles. The Morgan fingerprint density at radius 3 is 2.61 bits per heavy atom. The largest absolute Gasteiger partial charge is 0.507 e. The quantitative estimate of drug-likeness (QED) is 0.586. The first-order chi connectivity index (χ1) is 11.1. The number of hydrogen-bond donors (Lipinski definition) is 1. The Hall–Kier alpha value is -2.73. The van der Waals surface area contributed by atoms with Crippen LogP contribution in [0.1, 0.15) is 10.4 Å². The Balaban J connectivity index is 2.21. The molecule has 1 heterocycles. The van der Waals surface area contributed by atoms with E-state index < -0.39 is 11.6 Å². The summed E-state index contributed by atoms with van der Waals surface area (Å²) in [6, 6.07) is 13.8. The number of hydrogen-bond acceptors (Lipinski definition) is 6. The molecule has 0 fully saturated rings. The van der Waals surface area contributed by atoms with Crippen molar-refractivity contribution in [3.05, 3.63) is 64.5 Å². The Labute approximate surface area is 135 Å². The fourth-order valence-corrected chi connectivity index (χ4v) is 3.09. The van der Waals surface area contributed by atoms with Crippen molar-refractivity contribution in [3.63, 3.8) is 0 Å². The summed E-state index contributed by atoms with van der Waals surface area (Å²) >= 11 is 1.31. The third kappa shape index (κ3) is 2.93. The fraction of sp³-hybridized carbons (Fsp3) is 0.0588. The molecule has 5 nitrogen and oxygen atoms in total. The Morgan fingerprint density at radius 1 is 1.17 bits per heavy atom. The van der Waals surface area contributed by atoms with Crippen LogP contribution in [-0.2, 0) is 4.74 Å². The summed E-state index contributed by atoms with van der Waals surface area (Å²) in [6.07, 6.45) is 0. The molecule has 3 aromatic rings. The van der Waals surface area contributed by atoms with Gasteiger partial charge < -0.3 is 14.3 Å². The van der Waals surface area contributed by atoms with Crippen LogP contribution in [0.2, 0.25) is 0 Å². The molecule has 0 amide bonds. The van der Waals surface area contributed by atoms with Crippen molar-refractivity contribution in [3.8, 4) is 5.75 Å². The second kappa shape index (κ2) is 6.18. The molecule has 0 unspecified atom stereocenters. The molecule has 2 aromatic carbocycles. The van der Waals surface area contributed by atoms with Gasteiger partial charge in [-0.2, -0.15) is 0 Å². The lowest BCUT2D eigenvalue weighted by Crippen LogP contribution is -2.15. The van der Waals surface area contributed by atoms with E-state index in [0.717, 1.165) is 4.90 Å². The molecule has 1 aromatic heterocycles. The SMILES string of the molecule is COC(=O)c1cc2c(Sc3ccccc3)c(O)ccc2oc1=O. The number of carbonyl (C=O) groups is 1. The lowest BCUT2D eigenvalue weighted by molar-refractivity contribution is 0.0596. The van der Waals surface area contributed by atoms with E-state index in [0.29, 0.717) is 15.9 Å². The minimum absolute atomic E-state index is 0.0380. The highest BCUT2D eigenvalue weighted by atomic mass is 32.2. The molecule has 0 atom stereocenters. The van der Waals surface area contributed by atoms with Crippen LogP contribution in [0.3, 0.4) is 0 Å². The van der Waals surface area contributed by atoms with Crippen LogP contribution >= 0.6 is 11.8 Å². The summed E-state index contributed by atoms with van der Waals surface area (Å²) in [5, 5.41) is 10.6. The van der Waals surface area contributed by atoms with E-state index >= 15 is 0 Å². The number of carbonyl (C=O) groups excluding carboxylic acids is 1. The van der Waals surface area contributed by atoms with E-state index in [4.69, 9.17) is 4.42 Å². The van der Waals surface area contributed by atoms with E-state index in [2.05, 4.69) is 4.74 Å². The molecule has 0 aliphatic carbocycles. The fourth-order valence-electron chi connectivity index (χ4n) is 2.12. The Morgan fingerprint density at radius 2 is 1.91 bits per heavy atom.